The van der Waals surface area contributed by atoms with Crippen molar-refractivity contribution in [2.75, 3.05) is 64.4 Å². The summed E-state index contributed by atoms with van der Waals surface area (Å²) < 4.78 is 4.94. The van der Waals surface area contributed by atoms with Crippen molar-refractivity contribution in [3.8, 4) is 0 Å². The number of aromatic nitrogens is 2. The molecular weight excluding hydrogens is 282 g/mol. The molecule has 122 valence electrons. The van der Waals surface area contributed by atoms with Crippen LogP contribution >= 0.6 is 0 Å². The summed E-state index contributed by atoms with van der Waals surface area (Å²) in [5.74, 6) is 1.29. The molecule has 0 atom stereocenters. The first kappa shape index (κ1) is 16.4. The molecule has 0 saturated carbocycles. The number of hydrogen-bond donors (Lipinski definition) is 2. The van der Waals surface area contributed by atoms with Gasteiger partial charge in [0.1, 0.15) is 0 Å². The summed E-state index contributed by atoms with van der Waals surface area (Å²) >= 11 is 0. The van der Waals surface area contributed by atoms with Gasteiger partial charge in [-0.2, -0.15) is 0 Å². The second-order valence-electron chi connectivity index (χ2n) is 5.06. The second kappa shape index (κ2) is 9.16. The van der Waals surface area contributed by atoms with Gasteiger partial charge in [-0.25, -0.2) is 9.97 Å². The number of nitrogens with two attached hydrogens (primary N) is 1. The van der Waals surface area contributed by atoms with Gasteiger partial charge >= 0.3 is 0 Å². The summed E-state index contributed by atoms with van der Waals surface area (Å²) in [4.78, 5) is 17.5. The Balaban J connectivity index is 1.64. The number of hydrogen-bond acceptors (Lipinski definition) is 6. The van der Waals surface area contributed by atoms with E-state index in [9.17, 15) is 0 Å². The molecule has 0 amide bonds. The first-order chi connectivity index (χ1) is 10.8. The molecule has 22 heavy (non-hydrogen) atoms. The van der Waals surface area contributed by atoms with Crippen molar-refractivity contribution >= 4 is 11.9 Å². The first-order valence-electron chi connectivity index (χ1n) is 7.56. The van der Waals surface area contributed by atoms with Crippen molar-refractivity contribution in [2.45, 2.75) is 0 Å². The molecule has 1 fully saturated rings. The van der Waals surface area contributed by atoms with Crippen molar-refractivity contribution in [3.05, 3.63) is 18.5 Å². The van der Waals surface area contributed by atoms with E-state index in [-0.39, 0.29) is 0 Å². The number of piperazine rings is 1. The summed E-state index contributed by atoms with van der Waals surface area (Å²) in [6.45, 7) is 6.78. The van der Waals surface area contributed by atoms with Crippen LogP contribution in [-0.2, 0) is 4.74 Å². The first-order valence-corrected chi connectivity index (χ1v) is 7.56. The van der Waals surface area contributed by atoms with Gasteiger partial charge in [0.25, 0.3) is 0 Å². The van der Waals surface area contributed by atoms with Crippen molar-refractivity contribution in [2.24, 2.45) is 10.7 Å². The molecule has 1 saturated heterocycles. The lowest BCUT2D eigenvalue weighted by atomic mass is 10.3. The van der Waals surface area contributed by atoms with Crippen molar-refractivity contribution < 1.29 is 4.74 Å². The highest BCUT2D eigenvalue weighted by atomic mass is 16.5. The van der Waals surface area contributed by atoms with Crippen LogP contribution in [0.25, 0.3) is 0 Å². The standard InChI is InChI=1S/C14H25N7O/c1-22-12-6-17-13(15)16-5-7-20-8-10-21(11-9-20)14-18-3-2-4-19-14/h2-4H,5-12H2,1H3,(H3,15,16,17). The van der Waals surface area contributed by atoms with Gasteiger partial charge in [-0.15, -0.1) is 0 Å². The molecule has 2 heterocycles. The number of nitrogens with zero attached hydrogens (tertiary/aromatic N) is 5. The number of anilines is 1. The molecular formula is C14H25N7O. The molecule has 0 spiro atoms. The van der Waals surface area contributed by atoms with Gasteiger partial charge in [0.05, 0.1) is 13.2 Å². The van der Waals surface area contributed by atoms with Gasteiger partial charge in [-0.05, 0) is 6.07 Å². The van der Waals surface area contributed by atoms with Crippen LogP contribution in [0.15, 0.2) is 23.5 Å². The smallest absolute Gasteiger partial charge is 0.225 e. The molecule has 0 aliphatic carbocycles. The van der Waals surface area contributed by atoms with Crippen LogP contribution in [0, 0.1) is 0 Å². The minimum Gasteiger partial charge on any atom is -0.383 e. The monoisotopic (exact) mass is 307 g/mol. The SMILES string of the molecule is COCCNC(N)=NCCN1CCN(c2ncccn2)CC1. The fourth-order valence-corrected chi connectivity index (χ4v) is 2.27. The lowest BCUT2D eigenvalue weighted by molar-refractivity contribution is 0.204. The number of nitrogens with one attached hydrogen (secondary N) is 1. The Bertz CT molecular complexity index is 446. The Morgan fingerprint density at radius 2 is 2.05 bits per heavy atom. The van der Waals surface area contributed by atoms with E-state index in [1.807, 2.05) is 6.07 Å². The average molecular weight is 307 g/mol. The van der Waals surface area contributed by atoms with E-state index in [0.29, 0.717) is 25.7 Å². The summed E-state index contributed by atoms with van der Waals surface area (Å²) in [5, 5.41) is 3.01. The van der Waals surface area contributed by atoms with Crippen LogP contribution < -0.4 is 16.0 Å². The Hall–Kier alpha value is -1.93. The van der Waals surface area contributed by atoms with Crippen LogP contribution in [0.3, 0.4) is 0 Å². The number of aliphatic imine (C=N–C) groups is 1. The van der Waals surface area contributed by atoms with Crippen LogP contribution in [0.5, 0.6) is 0 Å². The van der Waals surface area contributed by atoms with Gasteiger partial charge in [0.15, 0.2) is 5.96 Å². The largest absolute Gasteiger partial charge is 0.383 e. The fourth-order valence-electron chi connectivity index (χ4n) is 2.27. The highest BCUT2D eigenvalue weighted by Gasteiger charge is 2.17. The topological polar surface area (TPSA) is 91.9 Å². The minimum absolute atomic E-state index is 0.480. The number of rotatable bonds is 7. The highest BCUT2D eigenvalue weighted by molar-refractivity contribution is 5.77. The van der Waals surface area contributed by atoms with Gasteiger partial charge < -0.3 is 20.7 Å². The second-order valence-corrected chi connectivity index (χ2v) is 5.06. The summed E-state index contributed by atoms with van der Waals surface area (Å²) in [5.41, 5.74) is 5.77. The zero-order valence-corrected chi connectivity index (χ0v) is 13.1. The lowest BCUT2D eigenvalue weighted by Crippen LogP contribution is -2.47. The third kappa shape index (κ3) is 5.45. The van der Waals surface area contributed by atoms with Gasteiger partial charge in [0.2, 0.25) is 5.95 Å². The van der Waals surface area contributed by atoms with E-state index in [1.54, 1.807) is 19.5 Å². The molecule has 0 unspecified atom stereocenters. The third-order valence-electron chi connectivity index (χ3n) is 3.52. The van der Waals surface area contributed by atoms with Gasteiger partial charge in [-0.3, -0.25) is 9.89 Å². The van der Waals surface area contributed by atoms with Crippen LogP contribution in [0.4, 0.5) is 5.95 Å². The quantitative estimate of drug-likeness (QED) is 0.385. The highest BCUT2D eigenvalue weighted by Crippen LogP contribution is 2.09. The van der Waals surface area contributed by atoms with E-state index in [0.717, 1.165) is 38.7 Å². The molecule has 1 aliphatic rings. The predicted molar refractivity (Wildman–Crippen MR) is 87.1 cm³/mol. The normalized spacial score (nSPS) is 16.8. The van der Waals surface area contributed by atoms with E-state index < -0.39 is 0 Å². The van der Waals surface area contributed by atoms with E-state index in [4.69, 9.17) is 10.5 Å². The summed E-state index contributed by atoms with van der Waals surface area (Å²) in [6.07, 6.45) is 3.56. The van der Waals surface area contributed by atoms with E-state index >= 15 is 0 Å². The zero-order chi connectivity index (χ0) is 15.6. The van der Waals surface area contributed by atoms with E-state index in [2.05, 4.69) is 30.1 Å². The molecule has 1 aromatic heterocycles. The number of guanidine groups is 1. The van der Waals surface area contributed by atoms with Gasteiger partial charge in [0, 0.05) is 58.8 Å². The van der Waals surface area contributed by atoms with Crippen molar-refractivity contribution in [3.63, 3.8) is 0 Å². The maximum atomic E-state index is 5.77. The third-order valence-corrected chi connectivity index (χ3v) is 3.52. The molecule has 0 aromatic carbocycles. The fraction of sp³-hybridized carbons (Fsp3) is 0.643. The number of ether oxygens (including phenoxy) is 1. The Labute approximate surface area is 131 Å². The predicted octanol–water partition coefficient (Wildman–Crippen LogP) is -0.851. The molecule has 8 nitrogen and oxygen atoms in total. The number of methoxy groups -OCH3 is 1. The Kier molecular flexibility index (Phi) is 6.85. The lowest BCUT2D eigenvalue weighted by Gasteiger charge is -2.34. The molecule has 0 radical (unpaired) electrons. The van der Waals surface area contributed by atoms with E-state index in [1.165, 1.54) is 0 Å². The minimum atomic E-state index is 0.480. The molecule has 1 aliphatic heterocycles. The molecule has 2 rings (SSSR count). The van der Waals surface area contributed by atoms with Crippen molar-refractivity contribution in [1.82, 2.24) is 20.2 Å². The van der Waals surface area contributed by atoms with Crippen LogP contribution in [0.2, 0.25) is 0 Å². The zero-order valence-electron chi connectivity index (χ0n) is 13.1. The van der Waals surface area contributed by atoms with Crippen LogP contribution in [0.1, 0.15) is 0 Å². The average Bonchev–Trinajstić information content (AvgIpc) is 2.57. The maximum Gasteiger partial charge on any atom is 0.225 e. The summed E-state index contributed by atoms with van der Waals surface area (Å²) in [6, 6.07) is 1.84. The molecule has 3 N–H and O–H groups in total. The van der Waals surface area contributed by atoms with Gasteiger partial charge in [-0.1, -0.05) is 0 Å². The van der Waals surface area contributed by atoms with Crippen molar-refractivity contribution in [1.29, 1.82) is 0 Å². The molecule has 0 bridgehead atoms. The Morgan fingerprint density at radius 3 is 2.73 bits per heavy atom. The molecule has 1 aromatic rings. The maximum absolute atomic E-state index is 5.77. The summed E-state index contributed by atoms with van der Waals surface area (Å²) in [7, 11) is 1.66. The molecule has 8 heteroatoms. The Morgan fingerprint density at radius 1 is 1.32 bits per heavy atom. The van der Waals surface area contributed by atoms with Crippen LogP contribution in [-0.4, -0.2) is 80.4 Å².